The number of amides is 2. The molecule has 1 atom stereocenters. The highest BCUT2D eigenvalue weighted by atomic mass is 16.2. The first-order chi connectivity index (χ1) is 13.1. The molecule has 2 aromatic rings. The summed E-state index contributed by atoms with van der Waals surface area (Å²) >= 11 is 0. The second-order valence-electron chi connectivity index (χ2n) is 6.87. The number of aromatic nitrogens is 1. The summed E-state index contributed by atoms with van der Waals surface area (Å²) in [7, 11) is 0. The Labute approximate surface area is 160 Å². The van der Waals surface area contributed by atoms with Crippen molar-refractivity contribution in [3.05, 3.63) is 48.3 Å². The fraction of sp³-hybridized carbons (Fsp3) is 0.381. The maximum atomic E-state index is 12.4. The van der Waals surface area contributed by atoms with Gasteiger partial charge in [0.2, 0.25) is 5.91 Å². The van der Waals surface area contributed by atoms with Gasteiger partial charge in [0.1, 0.15) is 5.69 Å². The molecule has 0 radical (unpaired) electrons. The Kier molecular flexibility index (Phi) is 6.06. The molecule has 1 aliphatic rings. The lowest BCUT2D eigenvalue weighted by Crippen LogP contribution is -2.39. The minimum Gasteiger partial charge on any atom is -0.367 e. The van der Waals surface area contributed by atoms with Gasteiger partial charge >= 0.3 is 0 Å². The van der Waals surface area contributed by atoms with Crippen molar-refractivity contribution in [3.63, 3.8) is 0 Å². The smallest absolute Gasteiger partial charge is 0.274 e. The zero-order valence-electron chi connectivity index (χ0n) is 15.9. The molecule has 1 fully saturated rings. The summed E-state index contributed by atoms with van der Waals surface area (Å²) in [4.78, 5) is 30.2. The summed E-state index contributed by atoms with van der Waals surface area (Å²) in [6, 6.07) is 11.3. The van der Waals surface area contributed by atoms with Gasteiger partial charge in [-0.1, -0.05) is 6.92 Å². The molecular weight excluding hydrogens is 340 g/mol. The van der Waals surface area contributed by atoms with Crippen LogP contribution in [0.25, 0.3) is 0 Å². The summed E-state index contributed by atoms with van der Waals surface area (Å²) in [6.07, 6.45) is 6.61. The highest BCUT2D eigenvalue weighted by Gasteiger charge is 2.21. The number of benzene rings is 1. The molecule has 2 amide bonds. The number of nitrogens with zero attached hydrogens (tertiary/aromatic N) is 2. The Balaban J connectivity index is 1.64. The van der Waals surface area contributed by atoms with Crippen LogP contribution in [0.2, 0.25) is 0 Å². The van der Waals surface area contributed by atoms with Crippen molar-refractivity contribution in [2.45, 2.75) is 45.6 Å². The van der Waals surface area contributed by atoms with Crippen LogP contribution in [0.5, 0.6) is 0 Å². The van der Waals surface area contributed by atoms with Crippen molar-refractivity contribution < 1.29 is 9.59 Å². The molecule has 0 aliphatic carbocycles. The van der Waals surface area contributed by atoms with Crippen LogP contribution in [0.1, 0.15) is 50.0 Å². The number of hydrogen-bond acceptors (Lipinski definition) is 4. The Morgan fingerprint density at radius 2 is 1.78 bits per heavy atom. The van der Waals surface area contributed by atoms with Gasteiger partial charge in [0.05, 0.1) is 11.9 Å². The molecule has 0 bridgehead atoms. The third-order valence-electron chi connectivity index (χ3n) is 4.87. The zero-order valence-corrected chi connectivity index (χ0v) is 15.9. The summed E-state index contributed by atoms with van der Waals surface area (Å²) in [6.45, 7) is 4.72. The molecule has 1 aliphatic heterocycles. The molecule has 2 N–H and O–H groups in total. The number of pyridine rings is 1. The Bertz CT molecular complexity index is 787. The molecule has 0 saturated carbocycles. The van der Waals surface area contributed by atoms with Crippen LogP contribution in [0.15, 0.2) is 42.6 Å². The van der Waals surface area contributed by atoms with Crippen LogP contribution >= 0.6 is 0 Å². The predicted molar refractivity (Wildman–Crippen MR) is 108 cm³/mol. The average Bonchev–Trinajstić information content (AvgIpc) is 2.69. The van der Waals surface area contributed by atoms with E-state index in [1.807, 2.05) is 6.07 Å². The van der Waals surface area contributed by atoms with Crippen LogP contribution in [0.4, 0.5) is 17.1 Å². The summed E-state index contributed by atoms with van der Waals surface area (Å²) < 4.78 is 0. The van der Waals surface area contributed by atoms with Gasteiger partial charge in [-0.15, -0.1) is 0 Å². The molecule has 2 heterocycles. The summed E-state index contributed by atoms with van der Waals surface area (Å²) in [5, 5.41) is 5.52. The highest BCUT2D eigenvalue weighted by molar-refractivity contribution is 6.03. The van der Waals surface area contributed by atoms with Crippen molar-refractivity contribution in [1.29, 1.82) is 0 Å². The number of anilines is 3. The molecule has 3 rings (SSSR count). The Morgan fingerprint density at radius 1 is 1.07 bits per heavy atom. The number of hydrogen-bond donors (Lipinski definition) is 2. The van der Waals surface area contributed by atoms with Crippen LogP contribution in [-0.4, -0.2) is 29.4 Å². The second-order valence-corrected chi connectivity index (χ2v) is 6.87. The van der Waals surface area contributed by atoms with E-state index in [2.05, 4.69) is 27.4 Å². The lowest BCUT2D eigenvalue weighted by Gasteiger charge is -2.37. The van der Waals surface area contributed by atoms with E-state index in [4.69, 9.17) is 0 Å². The van der Waals surface area contributed by atoms with Crippen LogP contribution < -0.4 is 15.5 Å². The fourth-order valence-electron chi connectivity index (χ4n) is 3.49. The van der Waals surface area contributed by atoms with E-state index in [1.54, 1.807) is 36.5 Å². The third-order valence-corrected chi connectivity index (χ3v) is 4.87. The van der Waals surface area contributed by atoms with Gasteiger partial charge in [-0.05, 0) is 62.1 Å². The average molecular weight is 366 g/mol. The van der Waals surface area contributed by atoms with Gasteiger partial charge in [0.25, 0.3) is 5.91 Å². The predicted octanol–water partition coefficient (Wildman–Crippen LogP) is 4.06. The number of carbonyl (C=O) groups excluding carboxylic acids is 2. The maximum absolute atomic E-state index is 12.4. The van der Waals surface area contributed by atoms with E-state index in [0.29, 0.717) is 23.1 Å². The fourth-order valence-corrected chi connectivity index (χ4v) is 3.49. The van der Waals surface area contributed by atoms with E-state index in [9.17, 15) is 9.59 Å². The van der Waals surface area contributed by atoms with Crippen molar-refractivity contribution in [2.75, 3.05) is 22.1 Å². The molecule has 6 heteroatoms. The number of piperidine rings is 1. The van der Waals surface area contributed by atoms with Gasteiger partial charge in [-0.25, -0.2) is 4.98 Å². The SMILES string of the molecule is CCC1CCCCN1c1ccc(C(=O)Nc2ccc(NC(C)=O)cc2)nc1. The van der Waals surface area contributed by atoms with E-state index in [1.165, 1.54) is 26.2 Å². The number of rotatable bonds is 5. The van der Waals surface area contributed by atoms with E-state index in [-0.39, 0.29) is 11.8 Å². The van der Waals surface area contributed by atoms with Gasteiger partial charge in [0.15, 0.2) is 0 Å². The molecule has 142 valence electrons. The monoisotopic (exact) mass is 366 g/mol. The van der Waals surface area contributed by atoms with E-state index < -0.39 is 0 Å². The molecule has 1 unspecified atom stereocenters. The van der Waals surface area contributed by atoms with Gasteiger partial charge < -0.3 is 15.5 Å². The quantitative estimate of drug-likeness (QED) is 0.837. The summed E-state index contributed by atoms with van der Waals surface area (Å²) in [5.74, 6) is -0.380. The molecule has 0 spiro atoms. The van der Waals surface area contributed by atoms with Crippen molar-refractivity contribution in [3.8, 4) is 0 Å². The molecule has 1 aromatic heterocycles. The number of carbonyl (C=O) groups is 2. The summed E-state index contributed by atoms with van der Waals surface area (Å²) in [5.41, 5.74) is 2.81. The van der Waals surface area contributed by atoms with Crippen molar-refractivity contribution in [1.82, 2.24) is 4.98 Å². The molecule has 6 nitrogen and oxygen atoms in total. The van der Waals surface area contributed by atoms with E-state index >= 15 is 0 Å². The van der Waals surface area contributed by atoms with Crippen LogP contribution in [0, 0.1) is 0 Å². The normalized spacial score (nSPS) is 16.7. The van der Waals surface area contributed by atoms with Gasteiger partial charge in [-0.2, -0.15) is 0 Å². The second kappa shape index (κ2) is 8.66. The first kappa shape index (κ1) is 18.9. The first-order valence-electron chi connectivity index (χ1n) is 9.48. The Hall–Kier alpha value is -2.89. The Morgan fingerprint density at radius 3 is 2.37 bits per heavy atom. The molecule has 1 saturated heterocycles. The highest BCUT2D eigenvalue weighted by Crippen LogP contribution is 2.26. The largest absolute Gasteiger partial charge is 0.367 e. The zero-order chi connectivity index (χ0) is 19.2. The lowest BCUT2D eigenvalue weighted by molar-refractivity contribution is -0.114. The van der Waals surface area contributed by atoms with Gasteiger partial charge in [0, 0.05) is 30.9 Å². The third kappa shape index (κ3) is 4.84. The molecule has 1 aromatic carbocycles. The van der Waals surface area contributed by atoms with Crippen LogP contribution in [-0.2, 0) is 4.79 Å². The maximum Gasteiger partial charge on any atom is 0.274 e. The topological polar surface area (TPSA) is 74.3 Å². The minimum atomic E-state index is -0.250. The standard InChI is InChI=1S/C21H26N4O2/c1-3-18-6-4-5-13-25(18)19-11-12-20(22-14-19)21(27)24-17-9-7-16(8-10-17)23-15(2)26/h7-12,14,18H,3-6,13H2,1-2H3,(H,23,26)(H,24,27). The molecule has 27 heavy (non-hydrogen) atoms. The van der Waals surface area contributed by atoms with E-state index in [0.717, 1.165) is 18.7 Å². The lowest BCUT2D eigenvalue weighted by atomic mass is 9.99. The minimum absolute atomic E-state index is 0.130. The van der Waals surface area contributed by atoms with Crippen molar-refractivity contribution >= 4 is 28.9 Å². The number of nitrogens with one attached hydrogen (secondary N) is 2. The van der Waals surface area contributed by atoms with Crippen molar-refractivity contribution in [2.24, 2.45) is 0 Å². The molecular formula is C21H26N4O2. The van der Waals surface area contributed by atoms with Crippen LogP contribution in [0.3, 0.4) is 0 Å². The first-order valence-corrected chi connectivity index (χ1v) is 9.48. The van der Waals surface area contributed by atoms with Gasteiger partial charge in [-0.3, -0.25) is 9.59 Å².